The molecule has 3 aliphatic rings. The molecular weight excluding hydrogens is 312 g/mol. The third kappa shape index (κ3) is 4.82. The van der Waals surface area contributed by atoms with Gasteiger partial charge in [0.1, 0.15) is 0 Å². The number of nitrogens with one attached hydrogen (secondary N) is 1. The zero-order valence-electron chi connectivity index (χ0n) is 15.2. The minimum Gasteiger partial charge on any atom is -0.381 e. The van der Waals surface area contributed by atoms with Crippen molar-refractivity contribution in [1.82, 2.24) is 10.2 Å². The summed E-state index contributed by atoms with van der Waals surface area (Å²) in [4.78, 5) is 2.64. The molecular formula is C21H32N2O2. The molecule has 4 heteroatoms. The molecule has 4 rings (SSSR count). The molecule has 0 radical (unpaired) electrons. The number of morpholine rings is 1. The van der Waals surface area contributed by atoms with Gasteiger partial charge in [-0.25, -0.2) is 0 Å². The van der Waals surface area contributed by atoms with Gasteiger partial charge >= 0.3 is 0 Å². The van der Waals surface area contributed by atoms with Crippen molar-refractivity contribution < 1.29 is 9.47 Å². The van der Waals surface area contributed by atoms with Crippen molar-refractivity contribution in [2.24, 2.45) is 11.8 Å². The van der Waals surface area contributed by atoms with E-state index < -0.39 is 0 Å². The smallest absolute Gasteiger partial charge is 0.0594 e. The fourth-order valence-corrected chi connectivity index (χ4v) is 4.40. The van der Waals surface area contributed by atoms with Gasteiger partial charge in [-0.05, 0) is 37.2 Å². The lowest BCUT2D eigenvalue weighted by atomic mass is 9.95. The fourth-order valence-electron chi connectivity index (χ4n) is 4.40. The lowest BCUT2D eigenvalue weighted by Crippen LogP contribution is -2.53. The number of ether oxygens (including phenoxy) is 2. The molecule has 1 aliphatic carbocycles. The molecule has 0 bridgehead atoms. The summed E-state index contributed by atoms with van der Waals surface area (Å²) in [7, 11) is 0. The van der Waals surface area contributed by atoms with Gasteiger partial charge in [-0.2, -0.15) is 0 Å². The standard InChI is InChI=1S/C21H32N2O2/c1-2-4-17(5-3-1)14-20(18-6-7-18)22-15-21(19-8-11-25-16-19)23-9-12-24-13-10-23/h1-5,18-22H,6-16H2. The molecule has 3 atom stereocenters. The minimum atomic E-state index is 0.587. The molecule has 2 heterocycles. The Hall–Kier alpha value is -0.940. The van der Waals surface area contributed by atoms with Crippen LogP contribution in [0.5, 0.6) is 0 Å². The summed E-state index contributed by atoms with van der Waals surface area (Å²) < 4.78 is 11.3. The van der Waals surface area contributed by atoms with E-state index in [1.165, 1.54) is 24.8 Å². The summed E-state index contributed by atoms with van der Waals surface area (Å²) in [6.45, 7) is 6.83. The number of rotatable bonds is 8. The van der Waals surface area contributed by atoms with Crippen molar-refractivity contribution in [3.8, 4) is 0 Å². The molecule has 1 aromatic carbocycles. The summed E-state index contributed by atoms with van der Waals surface area (Å²) in [5, 5.41) is 3.97. The van der Waals surface area contributed by atoms with Crippen LogP contribution < -0.4 is 5.32 Å². The van der Waals surface area contributed by atoms with Crippen LogP contribution in [0.1, 0.15) is 24.8 Å². The van der Waals surface area contributed by atoms with Gasteiger partial charge < -0.3 is 14.8 Å². The molecule has 0 spiro atoms. The van der Waals surface area contributed by atoms with E-state index in [1.807, 2.05) is 0 Å². The van der Waals surface area contributed by atoms with E-state index in [9.17, 15) is 0 Å². The van der Waals surface area contributed by atoms with E-state index in [-0.39, 0.29) is 0 Å². The van der Waals surface area contributed by atoms with E-state index in [0.29, 0.717) is 18.0 Å². The SMILES string of the molecule is c1ccc(CC(NCC(C2CCOC2)N2CCOCC2)C2CC2)cc1. The van der Waals surface area contributed by atoms with E-state index in [1.54, 1.807) is 0 Å². The van der Waals surface area contributed by atoms with E-state index in [4.69, 9.17) is 9.47 Å². The Balaban J connectivity index is 1.37. The molecule has 138 valence electrons. The molecule has 2 aliphatic heterocycles. The van der Waals surface area contributed by atoms with Crippen LogP contribution >= 0.6 is 0 Å². The number of hydrogen-bond donors (Lipinski definition) is 1. The molecule has 3 unspecified atom stereocenters. The first kappa shape index (κ1) is 17.5. The lowest BCUT2D eigenvalue weighted by molar-refractivity contribution is 0.000652. The van der Waals surface area contributed by atoms with Crippen molar-refractivity contribution in [2.45, 2.75) is 37.8 Å². The number of hydrogen-bond acceptors (Lipinski definition) is 4. The average molecular weight is 344 g/mol. The molecule has 3 fully saturated rings. The van der Waals surface area contributed by atoms with Gasteiger partial charge in [0, 0.05) is 44.2 Å². The Morgan fingerprint density at radius 2 is 1.76 bits per heavy atom. The second-order valence-corrected chi connectivity index (χ2v) is 7.88. The van der Waals surface area contributed by atoms with Crippen molar-refractivity contribution in [1.29, 1.82) is 0 Å². The molecule has 25 heavy (non-hydrogen) atoms. The van der Waals surface area contributed by atoms with Crippen molar-refractivity contribution >= 4 is 0 Å². The lowest BCUT2D eigenvalue weighted by Gasteiger charge is -2.38. The topological polar surface area (TPSA) is 33.7 Å². The molecule has 2 saturated heterocycles. The zero-order valence-corrected chi connectivity index (χ0v) is 15.2. The van der Waals surface area contributed by atoms with Crippen molar-refractivity contribution in [2.75, 3.05) is 46.1 Å². The van der Waals surface area contributed by atoms with Crippen LogP contribution in [-0.2, 0) is 15.9 Å². The fraction of sp³-hybridized carbons (Fsp3) is 0.714. The summed E-state index contributed by atoms with van der Waals surface area (Å²) in [6, 6.07) is 12.2. The number of benzene rings is 1. The maximum absolute atomic E-state index is 5.71. The van der Waals surface area contributed by atoms with Crippen LogP contribution in [0.25, 0.3) is 0 Å². The highest BCUT2D eigenvalue weighted by molar-refractivity contribution is 5.16. The molecule has 0 amide bonds. The Bertz CT molecular complexity index is 508. The second-order valence-electron chi connectivity index (χ2n) is 7.88. The van der Waals surface area contributed by atoms with Gasteiger partial charge in [0.2, 0.25) is 0 Å². The Morgan fingerprint density at radius 3 is 2.44 bits per heavy atom. The molecule has 1 N–H and O–H groups in total. The monoisotopic (exact) mass is 344 g/mol. The number of nitrogens with zero attached hydrogens (tertiary/aromatic N) is 1. The molecule has 1 aromatic rings. The van der Waals surface area contributed by atoms with Crippen molar-refractivity contribution in [3.63, 3.8) is 0 Å². The maximum atomic E-state index is 5.71. The van der Waals surface area contributed by atoms with Gasteiger partial charge in [0.25, 0.3) is 0 Å². The van der Waals surface area contributed by atoms with E-state index in [2.05, 4.69) is 40.5 Å². The second kappa shape index (κ2) is 8.63. The maximum Gasteiger partial charge on any atom is 0.0594 e. The van der Waals surface area contributed by atoms with Gasteiger partial charge in [0.15, 0.2) is 0 Å². The predicted octanol–water partition coefficient (Wildman–Crippen LogP) is 2.33. The van der Waals surface area contributed by atoms with Gasteiger partial charge in [-0.15, -0.1) is 0 Å². The Kier molecular flexibility index (Phi) is 6.03. The molecule has 4 nitrogen and oxygen atoms in total. The zero-order chi connectivity index (χ0) is 16.9. The first-order chi connectivity index (χ1) is 12.4. The molecule has 1 saturated carbocycles. The van der Waals surface area contributed by atoms with Crippen LogP contribution in [0.2, 0.25) is 0 Å². The largest absolute Gasteiger partial charge is 0.381 e. The third-order valence-electron chi connectivity index (χ3n) is 6.10. The van der Waals surface area contributed by atoms with E-state index in [0.717, 1.165) is 58.4 Å². The van der Waals surface area contributed by atoms with Gasteiger partial charge in [-0.1, -0.05) is 30.3 Å². The minimum absolute atomic E-state index is 0.587. The summed E-state index contributed by atoms with van der Waals surface area (Å²) in [6.07, 6.45) is 5.14. The van der Waals surface area contributed by atoms with Gasteiger partial charge in [0.05, 0.1) is 19.8 Å². The first-order valence-corrected chi connectivity index (χ1v) is 10.1. The first-order valence-electron chi connectivity index (χ1n) is 10.1. The molecule has 0 aromatic heterocycles. The summed E-state index contributed by atoms with van der Waals surface area (Å²) in [5.74, 6) is 1.53. The normalized spacial score (nSPS) is 27.3. The Labute approximate surface area is 151 Å². The highest BCUT2D eigenvalue weighted by Crippen LogP contribution is 2.34. The summed E-state index contributed by atoms with van der Waals surface area (Å²) in [5.41, 5.74) is 1.46. The van der Waals surface area contributed by atoms with Crippen LogP contribution in [0.3, 0.4) is 0 Å². The van der Waals surface area contributed by atoms with Gasteiger partial charge in [-0.3, -0.25) is 4.90 Å². The highest BCUT2D eigenvalue weighted by atomic mass is 16.5. The van der Waals surface area contributed by atoms with Crippen LogP contribution in [0, 0.1) is 11.8 Å². The summed E-state index contributed by atoms with van der Waals surface area (Å²) >= 11 is 0. The Morgan fingerprint density at radius 1 is 0.960 bits per heavy atom. The quantitative estimate of drug-likeness (QED) is 0.785. The predicted molar refractivity (Wildman–Crippen MR) is 99.8 cm³/mol. The van der Waals surface area contributed by atoms with Crippen LogP contribution in [0.4, 0.5) is 0 Å². The van der Waals surface area contributed by atoms with Crippen LogP contribution in [-0.4, -0.2) is 63.0 Å². The van der Waals surface area contributed by atoms with Crippen LogP contribution in [0.15, 0.2) is 30.3 Å². The van der Waals surface area contributed by atoms with E-state index >= 15 is 0 Å². The van der Waals surface area contributed by atoms with Crippen molar-refractivity contribution in [3.05, 3.63) is 35.9 Å². The average Bonchev–Trinajstić information content (AvgIpc) is 3.38. The third-order valence-corrected chi connectivity index (χ3v) is 6.10. The highest BCUT2D eigenvalue weighted by Gasteiger charge is 2.35.